The quantitative estimate of drug-likeness (QED) is 0.835. The van der Waals surface area contributed by atoms with Gasteiger partial charge in [0.25, 0.3) is 0 Å². The summed E-state index contributed by atoms with van der Waals surface area (Å²) in [6.07, 6.45) is 4.38. The summed E-state index contributed by atoms with van der Waals surface area (Å²) in [4.78, 5) is 18.0. The molecule has 0 radical (unpaired) electrons. The van der Waals surface area contributed by atoms with Crippen molar-refractivity contribution in [2.24, 2.45) is 0 Å². The molecule has 9 heteroatoms. The summed E-state index contributed by atoms with van der Waals surface area (Å²) in [6, 6.07) is 5.30. The predicted molar refractivity (Wildman–Crippen MR) is 94.6 cm³/mol. The smallest absolute Gasteiger partial charge is 0.244 e. The van der Waals surface area contributed by atoms with Gasteiger partial charge in [0.2, 0.25) is 15.9 Å². The molecule has 6 nitrogen and oxygen atoms in total. The largest absolute Gasteiger partial charge is 0.301 e. The Morgan fingerprint density at radius 1 is 1.48 bits per heavy atom. The van der Waals surface area contributed by atoms with Gasteiger partial charge in [-0.15, -0.1) is 11.8 Å². The van der Waals surface area contributed by atoms with Crippen LogP contribution in [0.5, 0.6) is 0 Å². The van der Waals surface area contributed by atoms with Gasteiger partial charge >= 0.3 is 0 Å². The highest BCUT2D eigenvalue weighted by Crippen LogP contribution is 2.30. The molecule has 23 heavy (non-hydrogen) atoms. The molecule has 0 aliphatic carbocycles. The molecule has 1 aliphatic rings. The zero-order chi connectivity index (χ0) is 16.6. The van der Waals surface area contributed by atoms with Crippen LogP contribution in [0, 0.1) is 0 Å². The van der Waals surface area contributed by atoms with Gasteiger partial charge in [-0.1, -0.05) is 11.3 Å². The average molecular weight is 372 g/mol. The van der Waals surface area contributed by atoms with Gasteiger partial charge in [-0.05, 0) is 37.3 Å². The number of fused-ring (bicyclic) bond motifs is 1. The second-order valence-electron chi connectivity index (χ2n) is 5.37. The number of thiazole rings is 1. The lowest BCUT2D eigenvalue weighted by Gasteiger charge is -2.20. The van der Waals surface area contributed by atoms with Crippen molar-refractivity contribution in [1.29, 1.82) is 0 Å². The maximum Gasteiger partial charge on any atom is 0.244 e. The van der Waals surface area contributed by atoms with Crippen molar-refractivity contribution in [3.8, 4) is 0 Å². The van der Waals surface area contributed by atoms with E-state index in [1.54, 1.807) is 11.8 Å². The average Bonchev–Trinajstić information content (AvgIpc) is 3.11. The van der Waals surface area contributed by atoms with E-state index >= 15 is 0 Å². The van der Waals surface area contributed by atoms with Crippen LogP contribution in [0.1, 0.15) is 12.8 Å². The summed E-state index contributed by atoms with van der Waals surface area (Å²) in [7, 11) is -3.37. The number of amides is 1. The molecule has 1 aromatic carbocycles. The summed E-state index contributed by atoms with van der Waals surface area (Å²) < 4.78 is 25.7. The summed E-state index contributed by atoms with van der Waals surface area (Å²) in [5.74, 6) is -0.308. The van der Waals surface area contributed by atoms with Gasteiger partial charge in [0, 0.05) is 11.4 Å². The Hall–Kier alpha value is -1.16. The van der Waals surface area contributed by atoms with Crippen LogP contribution >= 0.6 is 23.1 Å². The lowest BCUT2D eigenvalue weighted by atomic mass is 10.2. The minimum absolute atomic E-state index is 0.308. The van der Waals surface area contributed by atoms with E-state index < -0.39 is 16.1 Å². The minimum atomic E-state index is -3.37. The fourth-order valence-corrected chi connectivity index (χ4v) is 5.22. The number of hydrogen-bond donors (Lipinski definition) is 1. The Balaban J connectivity index is 1.80. The summed E-state index contributed by atoms with van der Waals surface area (Å²) >= 11 is 3.05. The lowest BCUT2D eigenvalue weighted by Crippen LogP contribution is -2.42. The first-order chi connectivity index (χ1) is 10.9. The number of nitrogens with one attached hydrogen (secondary N) is 1. The zero-order valence-corrected chi connectivity index (χ0v) is 15.2. The van der Waals surface area contributed by atoms with E-state index in [1.165, 1.54) is 15.6 Å². The SMILES string of the molecule is CSc1ccc2nc(NC(=O)C3CCCN3S(C)(=O)=O)sc2c1. The first-order valence-corrected chi connectivity index (χ1v) is 11.0. The number of hydrogen-bond acceptors (Lipinski definition) is 6. The Labute approximate surface area is 143 Å². The van der Waals surface area contributed by atoms with Crippen LogP contribution in [-0.2, 0) is 14.8 Å². The van der Waals surface area contributed by atoms with Gasteiger partial charge in [0.05, 0.1) is 16.5 Å². The Bertz CT molecular complexity index is 847. The molecular formula is C14H17N3O3S3. The Morgan fingerprint density at radius 2 is 2.26 bits per heavy atom. The molecule has 1 saturated heterocycles. The second kappa shape index (κ2) is 6.39. The van der Waals surface area contributed by atoms with Gasteiger partial charge in [-0.25, -0.2) is 13.4 Å². The van der Waals surface area contributed by atoms with Crippen molar-refractivity contribution in [2.75, 3.05) is 24.4 Å². The number of rotatable bonds is 4. The number of thioether (sulfide) groups is 1. The van der Waals surface area contributed by atoms with E-state index in [0.29, 0.717) is 24.5 Å². The standard InChI is InChI=1S/C14H17N3O3S3/c1-21-9-5-6-10-12(8-9)22-14(15-10)16-13(18)11-4-3-7-17(11)23(2,19)20/h5-6,8,11H,3-4,7H2,1-2H3,(H,15,16,18). The molecule has 0 spiro atoms. The summed E-state index contributed by atoms with van der Waals surface area (Å²) in [6.45, 7) is 0.397. The van der Waals surface area contributed by atoms with E-state index in [9.17, 15) is 13.2 Å². The van der Waals surface area contributed by atoms with E-state index in [0.717, 1.165) is 21.4 Å². The minimum Gasteiger partial charge on any atom is -0.301 e. The van der Waals surface area contributed by atoms with Crippen molar-refractivity contribution in [3.63, 3.8) is 0 Å². The number of benzene rings is 1. The molecular weight excluding hydrogens is 354 g/mol. The molecule has 1 N–H and O–H groups in total. The molecule has 3 rings (SSSR count). The number of nitrogens with zero attached hydrogens (tertiary/aromatic N) is 2. The maximum atomic E-state index is 12.4. The van der Waals surface area contributed by atoms with E-state index in [2.05, 4.69) is 10.3 Å². The highest BCUT2D eigenvalue weighted by molar-refractivity contribution is 7.98. The van der Waals surface area contributed by atoms with Crippen molar-refractivity contribution < 1.29 is 13.2 Å². The third kappa shape index (κ3) is 3.52. The molecule has 1 aromatic heterocycles. The molecule has 1 fully saturated rings. The Morgan fingerprint density at radius 3 is 2.96 bits per heavy atom. The monoisotopic (exact) mass is 371 g/mol. The Kier molecular flexibility index (Phi) is 4.63. The fraction of sp³-hybridized carbons (Fsp3) is 0.429. The molecule has 1 atom stereocenters. The van der Waals surface area contributed by atoms with Crippen molar-refractivity contribution in [2.45, 2.75) is 23.8 Å². The molecule has 2 heterocycles. The van der Waals surface area contributed by atoms with Gasteiger partial charge in [0.15, 0.2) is 5.13 Å². The molecule has 2 aromatic rings. The highest BCUT2D eigenvalue weighted by atomic mass is 32.2. The molecule has 124 valence electrons. The van der Waals surface area contributed by atoms with Crippen LogP contribution in [0.4, 0.5) is 5.13 Å². The fourth-order valence-electron chi connectivity index (χ4n) is 2.67. The molecule has 1 aliphatic heterocycles. The number of carbonyl (C=O) groups is 1. The molecule has 0 bridgehead atoms. The van der Waals surface area contributed by atoms with Crippen molar-refractivity contribution in [3.05, 3.63) is 18.2 Å². The highest BCUT2D eigenvalue weighted by Gasteiger charge is 2.36. The van der Waals surface area contributed by atoms with Crippen LogP contribution in [0.2, 0.25) is 0 Å². The first-order valence-electron chi connectivity index (χ1n) is 7.11. The van der Waals surface area contributed by atoms with Crippen molar-refractivity contribution in [1.82, 2.24) is 9.29 Å². The molecule has 1 amide bonds. The zero-order valence-electron chi connectivity index (χ0n) is 12.8. The van der Waals surface area contributed by atoms with E-state index in [1.807, 2.05) is 24.5 Å². The first kappa shape index (κ1) is 16.7. The number of sulfonamides is 1. The summed E-state index contributed by atoms with van der Waals surface area (Å²) in [5.41, 5.74) is 0.828. The number of aromatic nitrogens is 1. The van der Waals surface area contributed by atoms with E-state index in [4.69, 9.17) is 0 Å². The second-order valence-corrected chi connectivity index (χ2v) is 9.22. The van der Waals surface area contributed by atoms with Gasteiger partial charge in [-0.3, -0.25) is 4.79 Å². The number of anilines is 1. The van der Waals surface area contributed by atoms with Crippen molar-refractivity contribution >= 4 is 54.4 Å². The van der Waals surface area contributed by atoms with Crippen LogP contribution in [0.15, 0.2) is 23.1 Å². The van der Waals surface area contributed by atoms with Gasteiger partial charge < -0.3 is 5.32 Å². The number of carbonyl (C=O) groups excluding carboxylic acids is 1. The van der Waals surface area contributed by atoms with E-state index in [-0.39, 0.29) is 5.91 Å². The van der Waals surface area contributed by atoms with Gasteiger partial charge in [-0.2, -0.15) is 4.31 Å². The third-order valence-electron chi connectivity index (χ3n) is 3.76. The summed E-state index contributed by atoms with van der Waals surface area (Å²) in [5, 5.41) is 3.27. The predicted octanol–water partition coefficient (Wildman–Crippen LogP) is 2.38. The topological polar surface area (TPSA) is 79.4 Å². The normalized spacial score (nSPS) is 19.3. The van der Waals surface area contributed by atoms with Crippen LogP contribution in [0.3, 0.4) is 0 Å². The third-order valence-corrected chi connectivity index (χ3v) is 6.71. The van der Waals surface area contributed by atoms with Crippen LogP contribution in [-0.4, -0.2) is 48.7 Å². The lowest BCUT2D eigenvalue weighted by molar-refractivity contribution is -0.119. The van der Waals surface area contributed by atoms with Crippen LogP contribution in [0.25, 0.3) is 10.2 Å². The van der Waals surface area contributed by atoms with Crippen LogP contribution < -0.4 is 5.32 Å². The molecule has 0 saturated carbocycles. The molecule has 1 unspecified atom stereocenters. The van der Waals surface area contributed by atoms with Gasteiger partial charge in [0.1, 0.15) is 6.04 Å². The maximum absolute atomic E-state index is 12.4.